The highest BCUT2D eigenvalue weighted by molar-refractivity contribution is 7.89. The van der Waals surface area contributed by atoms with Gasteiger partial charge in [0.15, 0.2) is 0 Å². The third kappa shape index (κ3) is 2.59. The molecule has 2 heterocycles. The van der Waals surface area contributed by atoms with Crippen LogP contribution in [0.2, 0.25) is 0 Å². The van der Waals surface area contributed by atoms with Crippen molar-refractivity contribution in [2.75, 3.05) is 6.54 Å². The SMILES string of the molecule is Cc1ccc(S(=O)(=O)N2CCn3nc(CO)cc3C2)cc1. The van der Waals surface area contributed by atoms with Gasteiger partial charge in [-0.25, -0.2) is 8.42 Å². The number of aryl methyl sites for hydroxylation is 1. The Kier molecular flexibility index (Phi) is 3.56. The van der Waals surface area contributed by atoms with E-state index < -0.39 is 10.0 Å². The molecule has 1 aromatic heterocycles. The highest BCUT2D eigenvalue weighted by atomic mass is 32.2. The third-order valence-corrected chi connectivity index (χ3v) is 5.49. The Bertz CT molecular complexity index is 750. The molecule has 112 valence electrons. The maximum atomic E-state index is 12.6. The monoisotopic (exact) mass is 307 g/mol. The van der Waals surface area contributed by atoms with Crippen molar-refractivity contribution in [2.45, 2.75) is 31.5 Å². The van der Waals surface area contributed by atoms with Crippen LogP contribution >= 0.6 is 0 Å². The van der Waals surface area contributed by atoms with Crippen LogP contribution in [0.3, 0.4) is 0 Å². The summed E-state index contributed by atoms with van der Waals surface area (Å²) in [7, 11) is -3.49. The first-order valence-corrected chi connectivity index (χ1v) is 8.18. The summed E-state index contributed by atoms with van der Waals surface area (Å²) in [4.78, 5) is 0.309. The van der Waals surface area contributed by atoms with E-state index in [9.17, 15) is 8.42 Å². The maximum absolute atomic E-state index is 12.6. The molecular weight excluding hydrogens is 290 g/mol. The van der Waals surface area contributed by atoms with E-state index in [1.54, 1.807) is 35.0 Å². The maximum Gasteiger partial charge on any atom is 0.243 e. The summed E-state index contributed by atoms with van der Waals surface area (Å²) in [5.74, 6) is 0. The molecule has 1 aromatic carbocycles. The van der Waals surface area contributed by atoms with Crippen molar-refractivity contribution in [3.8, 4) is 0 Å². The molecule has 7 heteroatoms. The van der Waals surface area contributed by atoms with Crippen molar-refractivity contribution in [3.63, 3.8) is 0 Å². The van der Waals surface area contributed by atoms with Crippen LogP contribution in [-0.4, -0.2) is 34.2 Å². The van der Waals surface area contributed by atoms with E-state index in [0.717, 1.165) is 11.3 Å². The van der Waals surface area contributed by atoms with Crippen LogP contribution in [0.1, 0.15) is 17.0 Å². The van der Waals surface area contributed by atoms with Gasteiger partial charge in [-0.2, -0.15) is 9.40 Å². The number of fused-ring (bicyclic) bond motifs is 1. The molecule has 0 saturated carbocycles. The van der Waals surface area contributed by atoms with Crippen LogP contribution in [0.5, 0.6) is 0 Å². The Morgan fingerprint density at radius 3 is 2.62 bits per heavy atom. The average Bonchev–Trinajstić information content (AvgIpc) is 2.89. The Balaban J connectivity index is 1.89. The van der Waals surface area contributed by atoms with E-state index in [0.29, 0.717) is 23.7 Å². The molecule has 1 N–H and O–H groups in total. The predicted molar refractivity (Wildman–Crippen MR) is 76.9 cm³/mol. The molecule has 0 fully saturated rings. The van der Waals surface area contributed by atoms with Crippen LogP contribution in [-0.2, 0) is 29.7 Å². The number of aliphatic hydroxyl groups is 1. The molecule has 2 aromatic rings. The lowest BCUT2D eigenvalue weighted by Crippen LogP contribution is -2.38. The first-order valence-electron chi connectivity index (χ1n) is 6.74. The molecule has 0 amide bonds. The molecule has 0 radical (unpaired) electrons. The predicted octanol–water partition coefficient (Wildman–Crippen LogP) is 0.888. The molecule has 1 aliphatic rings. The minimum atomic E-state index is -3.49. The van der Waals surface area contributed by atoms with Crippen LogP contribution in [0.15, 0.2) is 35.2 Å². The quantitative estimate of drug-likeness (QED) is 0.913. The van der Waals surface area contributed by atoms with Crippen LogP contribution < -0.4 is 0 Å². The van der Waals surface area contributed by atoms with Crippen LogP contribution in [0, 0.1) is 6.92 Å². The van der Waals surface area contributed by atoms with Gasteiger partial charge in [-0.1, -0.05) is 17.7 Å². The molecule has 0 unspecified atom stereocenters. The lowest BCUT2D eigenvalue weighted by atomic mass is 10.2. The minimum Gasteiger partial charge on any atom is -0.390 e. The van der Waals surface area contributed by atoms with E-state index in [1.807, 2.05) is 6.92 Å². The topological polar surface area (TPSA) is 75.4 Å². The van der Waals surface area contributed by atoms with Gasteiger partial charge in [0, 0.05) is 6.54 Å². The van der Waals surface area contributed by atoms with E-state index in [2.05, 4.69) is 5.10 Å². The second-order valence-electron chi connectivity index (χ2n) is 5.16. The molecule has 1 aliphatic heterocycles. The molecule has 0 spiro atoms. The van der Waals surface area contributed by atoms with Gasteiger partial charge in [-0.05, 0) is 25.1 Å². The fraction of sp³-hybridized carbons (Fsp3) is 0.357. The summed E-state index contributed by atoms with van der Waals surface area (Å²) in [5.41, 5.74) is 2.40. The summed E-state index contributed by atoms with van der Waals surface area (Å²) in [6.45, 7) is 2.95. The Hall–Kier alpha value is -1.70. The van der Waals surface area contributed by atoms with Gasteiger partial charge >= 0.3 is 0 Å². The summed E-state index contributed by atoms with van der Waals surface area (Å²) >= 11 is 0. The summed E-state index contributed by atoms with van der Waals surface area (Å²) in [5, 5.41) is 13.3. The number of rotatable bonds is 3. The standard InChI is InChI=1S/C14H17N3O3S/c1-11-2-4-14(5-3-11)21(19,20)16-6-7-17-13(9-16)8-12(10-18)15-17/h2-5,8,18H,6-7,9-10H2,1H3. The molecular formula is C14H17N3O3S. The molecule has 3 rings (SSSR count). The van der Waals surface area contributed by atoms with E-state index in [1.165, 1.54) is 4.31 Å². The van der Waals surface area contributed by atoms with Gasteiger partial charge in [0.2, 0.25) is 10.0 Å². The number of hydrogen-bond acceptors (Lipinski definition) is 4. The fourth-order valence-corrected chi connectivity index (χ4v) is 3.85. The lowest BCUT2D eigenvalue weighted by molar-refractivity contribution is 0.273. The van der Waals surface area contributed by atoms with Crippen molar-refractivity contribution >= 4 is 10.0 Å². The van der Waals surface area contributed by atoms with Gasteiger partial charge in [-0.15, -0.1) is 0 Å². The number of aliphatic hydroxyl groups excluding tert-OH is 1. The number of benzene rings is 1. The van der Waals surface area contributed by atoms with Crippen molar-refractivity contribution in [2.24, 2.45) is 0 Å². The highest BCUT2D eigenvalue weighted by Crippen LogP contribution is 2.22. The van der Waals surface area contributed by atoms with Gasteiger partial charge in [-0.3, -0.25) is 4.68 Å². The summed E-state index contributed by atoms with van der Waals surface area (Å²) in [6.07, 6.45) is 0. The Labute approximate surface area is 123 Å². The van der Waals surface area contributed by atoms with E-state index >= 15 is 0 Å². The zero-order valence-electron chi connectivity index (χ0n) is 11.7. The van der Waals surface area contributed by atoms with Gasteiger partial charge in [0.05, 0.1) is 36.0 Å². The summed E-state index contributed by atoms with van der Waals surface area (Å²) < 4.78 is 28.5. The number of hydrogen-bond donors (Lipinski definition) is 1. The largest absolute Gasteiger partial charge is 0.390 e. The van der Waals surface area contributed by atoms with E-state index in [-0.39, 0.29) is 13.2 Å². The molecule has 0 atom stereocenters. The average molecular weight is 307 g/mol. The highest BCUT2D eigenvalue weighted by Gasteiger charge is 2.29. The van der Waals surface area contributed by atoms with E-state index in [4.69, 9.17) is 5.11 Å². The minimum absolute atomic E-state index is 0.134. The first kappa shape index (κ1) is 14.2. The summed E-state index contributed by atoms with van der Waals surface area (Å²) in [6, 6.07) is 8.61. The lowest BCUT2D eigenvalue weighted by Gasteiger charge is -2.26. The number of nitrogens with zero attached hydrogens (tertiary/aromatic N) is 3. The number of sulfonamides is 1. The molecule has 21 heavy (non-hydrogen) atoms. The Morgan fingerprint density at radius 1 is 1.24 bits per heavy atom. The van der Waals surface area contributed by atoms with Crippen molar-refractivity contribution in [1.29, 1.82) is 0 Å². The molecule has 0 aliphatic carbocycles. The van der Waals surface area contributed by atoms with Crippen LogP contribution in [0.4, 0.5) is 0 Å². The molecule has 6 nitrogen and oxygen atoms in total. The molecule has 0 bridgehead atoms. The fourth-order valence-electron chi connectivity index (χ4n) is 2.44. The van der Waals surface area contributed by atoms with Crippen molar-refractivity contribution in [1.82, 2.24) is 14.1 Å². The zero-order chi connectivity index (χ0) is 15.0. The van der Waals surface area contributed by atoms with Gasteiger partial charge in [0.1, 0.15) is 0 Å². The third-order valence-electron chi connectivity index (χ3n) is 3.63. The van der Waals surface area contributed by atoms with Crippen LogP contribution in [0.25, 0.3) is 0 Å². The van der Waals surface area contributed by atoms with Crippen molar-refractivity contribution in [3.05, 3.63) is 47.3 Å². The van der Waals surface area contributed by atoms with Gasteiger partial charge < -0.3 is 5.11 Å². The smallest absolute Gasteiger partial charge is 0.243 e. The van der Waals surface area contributed by atoms with Gasteiger partial charge in [0.25, 0.3) is 0 Å². The number of aromatic nitrogens is 2. The molecule has 0 saturated heterocycles. The van der Waals surface area contributed by atoms with Crippen molar-refractivity contribution < 1.29 is 13.5 Å². The normalized spacial score (nSPS) is 15.9. The first-order chi connectivity index (χ1) is 10.0. The second-order valence-corrected chi connectivity index (χ2v) is 7.10. The zero-order valence-corrected chi connectivity index (χ0v) is 12.5. The second kappa shape index (κ2) is 5.25. The Morgan fingerprint density at radius 2 is 1.95 bits per heavy atom.